The number of benzene rings is 1. The van der Waals surface area contributed by atoms with Gasteiger partial charge in [-0.15, -0.1) is 0 Å². The summed E-state index contributed by atoms with van der Waals surface area (Å²) in [7, 11) is 0. The molecule has 2 aromatic rings. The lowest BCUT2D eigenvalue weighted by molar-refractivity contribution is 0.312. The number of aromatic nitrogens is 3. The molecule has 102 valence electrons. The van der Waals surface area contributed by atoms with Crippen LogP contribution in [0.2, 0.25) is 5.28 Å². The molecule has 1 aromatic carbocycles. The Labute approximate surface area is 119 Å². The molecule has 0 amide bonds. The number of nitrogens with zero attached hydrogens (tertiary/aromatic N) is 4. The number of anilines is 2. The molecule has 0 radical (unpaired) electrons. The molecule has 0 saturated heterocycles. The normalized spacial score (nSPS) is 9.90. The van der Waals surface area contributed by atoms with Crippen molar-refractivity contribution in [2.75, 3.05) is 11.9 Å². The quantitative estimate of drug-likeness (QED) is 0.933. The van der Waals surface area contributed by atoms with E-state index in [0.29, 0.717) is 6.61 Å². The molecule has 20 heavy (non-hydrogen) atoms. The maximum absolute atomic E-state index is 13.5. The fourth-order valence-corrected chi connectivity index (χ4v) is 1.60. The van der Waals surface area contributed by atoms with Crippen LogP contribution in [-0.2, 0) is 0 Å². The number of halogens is 2. The summed E-state index contributed by atoms with van der Waals surface area (Å²) >= 11 is 5.74. The third kappa shape index (κ3) is 3.10. The van der Waals surface area contributed by atoms with Crippen molar-refractivity contribution in [2.45, 2.75) is 6.92 Å². The van der Waals surface area contributed by atoms with Crippen LogP contribution in [0.3, 0.4) is 0 Å². The molecule has 6 nitrogen and oxygen atoms in total. The summed E-state index contributed by atoms with van der Waals surface area (Å²) in [6.45, 7) is 2.13. The van der Waals surface area contributed by atoms with Gasteiger partial charge in [-0.3, -0.25) is 0 Å². The lowest BCUT2D eigenvalue weighted by Gasteiger charge is -2.08. The van der Waals surface area contributed by atoms with Crippen LogP contribution in [0.1, 0.15) is 12.5 Å². The Balaban J connectivity index is 2.35. The molecule has 0 saturated carbocycles. The lowest BCUT2D eigenvalue weighted by Crippen LogP contribution is -2.05. The average molecular weight is 294 g/mol. The Hall–Kier alpha value is -2.46. The van der Waals surface area contributed by atoms with Gasteiger partial charge in [0.2, 0.25) is 11.2 Å². The van der Waals surface area contributed by atoms with Crippen LogP contribution in [0.5, 0.6) is 6.01 Å². The third-order valence-corrected chi connectivity index (χ3v) is 2.40. The largest absolute Gasteiger partial charge is 0.464 e. The average Bonchev–Trinajstić information content (AvgIpc) is 2.38. The van der Waals surface area contributed by atoms with E-state index in [0.717, 1.165) is 0 Å². The summed E-state index contributed by atoms with van der Waals surface area (Å²) in [5.74, 6) is -0.571. The van der Waals surface area contributed by atoms with Crippen molar-refractivity contribution < 1.29 is 9.13 Å². The summed E-state index contributed by atoms with van der Waals surface area (Å²) in [6, 6.07) is 5.99. The van der Waals surface area contributed by atoms with E-state index < -0.39 is 5.82 Å². The fraction of sp³-hybridized carbons (Fsp3) is 0.167. The number of rotatable bonds is 4. The van der Waals surface area contributed by atoms with E-state index in [1.807, 2.05) is 0 Å². The number of nitrogens with one attached hydrogen (secondary N) is 1. The Morgan fingerprint density at radius 2 is 2.20 bits per heavy atom. The van der Waals surface area contributed by atoms with Gasteiger partial charge in [-0.25, -0.2) is 4.39 Å². The first-order valence-electron chi connectivity index (χ1n) is 5.64. The zero-order valence-corrected chi connectivity index (χ0v) is 11.1. The topological polar surface area (TPSA) is 83.7 Å². The molecule has 0 aliphatic carbocycles. The molecule has 0 spiro atoms. The summed E-state index contributed by atoms with van der Waals surface area (Å²) < 4.78 is 18.6. The van der Waals surface area contributed by atoms with Crippen LogP contribution in [-0.4, -0.2) is 21.6 Å². The van der Waals surface area contributed by atoms with Gasteiger partial charge < -0.3 is 10.1 Å². The molecule has 0 atom stereocenters. The Kier molecular flexibility index (Phi) is 4.27. The smallest absolute Gasteiger partial charge is 0.322 e. The molecule has 1 N–H and O–H groups in total. The van der Waals surface area contributed by atoms with Gasteiger partial charge >= 0.3 is 6.01 Å². The molecule has 0 fully saturated rings. The number of hydrogen-bond donors (Lipinski definition) is 1. The number of hydrogen-bond acceptors (Lipinski definition) is 6. The summed E-state index contributed by atoms with van der Waals surface area (Å²) in [5.41, 5.74) is 0.0965. The monoisotopic (exact) mass is 293 g/mol. The van der Waals surface area contributed by atoms with Crippen LogP contribution in [0.15, 0.2) is 18.2 Å². The molecule has 0 aliphatic rings. The summed E-state index contributed by atoms with van der Waals surface area (Å²) in [4.78, 5) is 11.6. The second-order valence-electron chi connectivity index (χ2n) is 3.54. The second-order valence-corrected chi connectivity index (χ2v) is 3.88. The summed E-state index contributed by atoms with van der Waals surface area (Å²) in [5, 5.41) is 11.6. The van der Waals surface area contributed by atoms with Crippen LogP contribution in [0, 0.1) is 17.1 Å². The zero-order chi connectivity index (χ0) is 14.5. The van der Waals surface area contributed by atoms with Gasteiger partial charge in [-0.05, 0) is 30.7 Å². The van der Waals surface area contributed by atoms with Crippen molar-refractivity contribution in [3.63, 3.8) is 0 Å². The van der Waals surface area contributed by atoms with E-state index in [2.05, 4.69) is 20.3 Å². The van der Waals surface area contributed by atoms with Crippen LogP contribution < -0.4 is 10.1 Å². The molecular weight excluding hydrogens is 285 g/mol. The molecular formula is C12H9ClFN5O. The van der Waals surface area contributed by atoms with Gasteiger partial charge in [0.25, 0.3) is 0 Å². The molecule has 1 heterocycles. The minimum Gasteiger partial charge on any atom is -0.464 e. The fourth-order valence-electron chi connectivity index (χ4n) is 1.44. The summed E-state index contributed by atoms with van der Waals surface area (Å²) in [6.07, 6.45) is 0. The maximum Gasteiger partial charge on any atom is 0.322 e. The SMILES string of the molecule is CCOc1nc(Cl)nc(Nc2cccc(F)c2C#N)n1. The minimum absolute atomic E-state index is 0.0462. The highest BCUT2D eigenvalue weighted by Crippen LogP contribution is 2.22. The number of ether oxygens (including phenoxy) is 1. The van der Waals surface area contributed by atoms with Crippen molar-refractivity contribution in [3.8, 4) is 12.1 Å². The van der Waals surface area contributed by atoms with E-state index >= 15 is 0 Å². The predicted octanol–water partition coefficient (Wildman–Crippen LogP) is 2.68. The van der Waals surface area contributed by atoms with E-state index in [4.69, 9.17) is 21.6 Å². The number of nitriles is 1. The first kappa shape index (κ1) is 14.0. The first-order valence-corrected chi connectivity index (χ1v) is 6.02. The lowest BCUT2D eigenvalue weighted by atomic mass is 10.2. The van der Waals surface area contributed by atoms with Crippen LogP contribution in [0.4, 0.5) is 16.0 Å². The van der Waals surface area contributed by atoms with Crippen molar-refractivity contribution in [1.82, 2.24) is 15.0 Å². The molecule has 2 rings (SSSR count). The van der Waals surface area contributed by atoms with Crippen molar-refractivity contribution in [1.29, 1.82) is 5.26 Å². The second kappa shape index (κ2) is 6.12. The molecule has 0 unspecified atom stereocenters. The highest BCUT2D eigenvalue weighted by atomic mass is 35.5. The third-order valence-electron chi connectivity index (χ3n) is 2.23. The van der Waals surface area contributed by atoms with Gasteiger partial charge in [0.1, 0.15) is 17.4 Å². The van der Waals surface area contributed by atoms with E-state index in [9.17, 15) is 4.39 Å². The van der Waals surface area contributed by atoms with Crippen LogP contribution in [0.25, 0.3) is 0 Å². The first-order chi connectivity index (χ1) is 9.63. The Morgan fingerprint density at radius 3 is 2.90 bits per heavy atom. The van der Waals surface area contributed by atoms with Gasteiger partial charge in [-0.2, -0.15) is 20.2 Å². The maximum atomic E-state index is 13.5. The predicted molar refractivity (Wildman–Crippen MR) is 70.4 cm³/mol. The Morgan fingerprint density at radius 1 is 1.40 bits per heavy atom. The Bertz CT molecular complexity index is 673. The molecule has 8 heteroatoms. The van der Waals surface area contributed by atoms with Gasteiger partial charge in [0, 0.05) is 0 Å². The highest BCUT2D eigenvalue weighted by molar-refractivity contribution is 6.28. The van der Waals surface area contributed by atoms with Crippen molar-refractivity contribution in [3.05, 3.63) is 34.9 Å². The molecule has 0 aliphatic heterocycles. The molecule has 0 bridgehead atoms. The minimum atomic E-state index is -0.636. The zero-order valence-electron chi connectivity index (χ0n) is 10.4. The van der Waals surface area contributed by atoms with Gasteiger partial charge in [0.15, 0.2) is 0 Å². The van der Waals surface area contributed by atoms with E-state index in [1.165, 1.54) is 18.2 Å². The molecule has 1 aromatic heterocycles. The van der Waals surface area contributed by atoms with Crippen molar-refractivity contribution in [2.24, 2.45) is 0 Å². The van der Waals surface area contributed by atoms with E-state index in [-0.39, 0.29) is 28.5 Å². The standard InChI is InChI=1S/C12H9ClFN5O/c1-2-20-12-18-10(13)17-11(19-12)16-9-5-3-4-8(14)7(9)6-15/h3-5H,2H2,1H3,(H,16,17,18,19). The highest BCUT2D eigenvalue weighted by Gasteiger charge is 2.11. The van der Waals surface area contributed by atoms with Crippen LogP contribution >= 0.6 is 11.6 Å². The van der Waals surface area contributed by atoms with Gasteiger partial charge in [-0.1, -0.05) is 6.07 Å². The van der Waals surface area contributed by atoms with Crippen molar-refractivity contribution >= 4 is 23.2 Å². The van der Waals surface area contributed by atoms with Gasteiger partial charge in [0.05, 0.1) is 12.3 Å². The van der Waals surface area contributed by atoms with E-state index in [1.54, 1.807) is 13.0 Å².